The van der Waals surface area contributed by atoms with E-state index in [0.29, 0.717) is 6.42 Å². The van der Waals surface area contributed by atoms with Crippen molar-refractivity contribution < 1.29 is 17.9 Å². The molecule has 0 aromatic carbocycles. The Bertz CT molecular complexity index is 311. The summed E-state index contributed by atoms with van der Waals surface area (Å²) >= 11 is 0. The van der Waals surface area contributed by atoms with Crippen LogP contribution in [0, 0.1) is 5.92 Å². The standard InChI is InChI=1S/C8H13ClO4S/c1-6(10)13-8-3-2-7(4-8)5-14(9,11)12/h7-8H,2-5H2,1H3. The van der Waals surface area contributed by atoms with Crippen LogP contribution in [0.25, 0.3) is 0 Å². The normalized spacial score (nSPS) is 27.6. The average molecular weight is 241 g/mol. The number of ether oxygens (including phenoxy) is 1. The Balaban J connectivity index is 2.38. The molecule has 1 rings (SSSR count). The number of halogens is 1. The molecule has 0 bridgehead atoms. The van der Waals surface area contributed by atoms with Gasteiger partial charge in [-0.3, -0.25) is 4.79 Å². The number of hydrogen-bond acceptors (Lipinski definition) is 4. The highest BCUT2D eigenvalue weighted by molar-refractivity contribution is 8.13. The summed E-state index contributed by atoms with van der Waals surface area (Å²) in [6, 6.07) is 0. The van der Waals surface area contributed by atoms with E-state index in [1.165, 1.54) is 6.92 Å². The molecule has 0 spiro atoms. The second kappa shape index (κ2) is 4.49. The van der Waals surface area contributed by atoms with Crippen LogP contribution in [0.1, 0.15) is 26.2 Å². The van der Waals surface area contributed by atoms with Crippen molar-refractivity contribution >= 4 is 25.7 Å². The van der Waals surface area contributed by atoms with E-state index in [-0.39, 0.29) is 23.7 Å². The van der Waals surface area contributed by atoms with Gasteiger partial charge in [-0.05, 0) is 25.2 Å². The van der Waals surface area contributed by atoms with E-state index < -0.39 is 9.05 Å². The second-order valence-corrected chi connectivity index (χ2v) is 6.44. The predicted octanol–water partition coefficient (Wildman–Crippen LogP) is 1.29. The molecule has 1 aliphatic rings. The maximum Gasteiger partial charge on any atom is 0.302 e. The molecular weight excluding hydrogens is 228 g/mol. The first-order valence-electron chi connectivity index (χ1n) is 4.46. The van der Waals surface area contributed by atoms with Crippen LogP contribution >= 0.6 is 10.7 Å². The van der Waals surface area contributed by atoms with E-state index in [2.05, 4.69) is 0 Å². The van der Waals surface area contributed by atoms with Crippen molar-refractivity contribution in [1.82, 2.24) is 0 Å². The van der Waals surface area contributed by atoms with E-state index in [1.54, 1.807) is 0 Å². The molecular formula is C8H13ClO4S. The summed E-state index contributed by atoms with van der Waals surface area (Å²) in [6.45, 7) is 1.35. The quantitative estimate of drug-likeness (QED) is 0.551. The van der Waals surface area contributed by atoms with Gasteiger partial charge < -0.3 is 4.74 Å². The molecule has 0 radical (unpaired) electrons. The van der Waals surface area contributed by atoms with Crippen LogP contribution in [0.2, 0.25) is 0 Å². The summed E-state index contributed by atoms with van der Waals surface area (Å²) in [7, 11) is 1.70. The molecule has 2 atom stereocenters. The summed E-state index contributed by atoms with van der Waals surface area (Å²) in [5.74, 6) is -0.307. The summed E-state index contributed by atoms with van der Waals surface area (Å²) in [4.78, 5) is 10.6. The first-order chi connectivity index (χ1) is 6.37. The van der Waals surface area contributed by atoms with E-state index in [1.807, 2.05) is 0 Å². The predicted molar refractivity (Wildman–Crippen MR) is 52.5 cm³/mol. The monoisotopic (exact) mass is 240 g/mol. The van der Waals surface area contributed by atoms with Crippen molar-refractivity contribution in [2.24, 2.45) is 5.92 Å². The zero-order valence-corrected chi connectivity index (χ0v) is 9.47. The van der Waals surface area contributed by atoms with Crippen LogP contribution in [0.4, 0.5) is 0 Å². The SMILES string of the molecule is CC(=O)OC1CCC(CS(=O)(=O)Cl)C1. The molecule has 0 amide bonds. The lowest BCUT2D eigenvalue weighted by atomic mass is 10.1. The van der Waals surface area contributed by atoms with Crippen LogP contribution in [0.15, 0.2) is 0 Å². The van der Waals surface area contributed by atoms with Crippen LogP contribution in [0.5, 0.6) is 0 Å². The topological polar surface area (TPSA) is 60.4 Å². The Morgan fingerprint density at radius 1 is 1.50 bits per heavy atom. The van der Waals surface area contributed by atoms with Gasteiger partial charge >= 0.3 is 5.97 Å². The number of carbonyl (C=O) groups excluding carboxylic acids is 1. The molecule has 0 aromatic rings. The molecule has 14 heavy (non-hydrogen) atoms. The van der Waals surface area contributed by atoms with Crippen molar-refractivity contribution in [2.45, 2.75) is 32.3 Å². The minimum Gasteiger partial charge on any atom is -0.463 e. The second-order valence-electron chi connectivity index (χ2n) is 3.62. The van der Waals surface area contributed by atoms with Crippen LogP contribution in [0.3, 0.4) is 0 Å². The Morgan fingerprint density at radius 3 is 2.64 bits per heavy atom. The van der Waals surface area contributed by atoms with Crippen molar-refractivity contribution in [3.05, 3.63) is 0 Å². The Hall–Kier alpha value is -0.290. The maximum absolute atomic E-state index is 10.8. The molecule has 82 valence electrons. The van der Waals surface area contributed by atoms with Gasteiger partial charge in [-0.25, -0.2) is 8.42 Å². The molecule has 1 aliphatic carbocycles. The lowest BCUT2D eigenvalue weighted by molar-refractivity contribution is -0.146. The number of carbonyl (C=O) groups is 1. The van der Waals surface area contributed by atoms with Gasteiger partial charge in [-0.1, -0.05) is 0 Å². The fourth-order valence-electron chi connectivity index (χ4n) is 1.80. The van der Waals surface area contributed by atoms with Crippen LogP contribution in [-0.2, 0) is 18.6 Å². The molecule has 0 saturated heterocycles. The third kappa shape index (κ3) is 4.28. The summed E-state index contributed by atoms with van der Waals surface area (Å²) in [5, 5.41) is 0. The Labute approximate surface area is 88.0 Å². The largest absolute Gasteiger partial charge is 0.463 e. The minimum atomic E-state index is -3.43. The van der Waals surface area contributed by atoms with Gasteiger partial charge in [0.1, 0.15) is 6.10 Å². The van der Waals surface area contributed by atoms with Crippen LogP contribution < -0.4 is 0 Å². The van der Waals surface area contributed by atoms with E-state index in [0.717, 1.165) is 12.8 Å². The fraction of sp³-hybridized carbons (Fsp3) is 0.875. The van der Waals surface area contributed by atoms with Crippen LogP contribution in [-0.4, -0.2) is 26.2 Å². The first kappa shape index (κ1) is 11.8. The zero-order chi connectivity index (χ0) is 10.8. The molecule has 0 heterocycles. The highest BCUT2D eigenvalue weighted by atomic mass is 35.7. The van der Waals surface area contributed by atoms with E-state index in [4.69, 9.17) is 15.4 Å². The Kier molecular flexibility index (Phi) is 3.78. The van der Waals surface area contributed by atoms with Gasteiger partial charge in [0.15, 0.2) is 0 Å². The summed E-state index contributed by atoms with van der Waals surface area (Å²) < 4.78 is 26.5. The molecule has 0 N–H and O–H groups in total. The van der Waals surface area contributed by atoms with Crippen molar-refractivity contribution in [3.8, 4) is 0 Å². The van der Waals surface area contributed by atoms with Crippen molar-refractivity contribution in [1.29, 1.82) is 0 Å². The lowest BCUT2D eigenvalue weighted by Gasteiger charge is -2.10. The first-order valence-corrected chi connectivity index (χ1v) is 6.94. The maximum atomic E-state index is 10.8. The third-order valence-corrected chi connectivity index (χ3v) is 3.51. The highest BCUT2D eigenvalue weighted by Crippen LogP contribution is 2.29. The summed E-state index contributed by atoms with van der Waals surface area (Å²) in [6.07, 6.45) is 1.96. The lowest BCUT2D eigenvalue weighted by Crippen LogP contribution is -2.14. The molecule has 6 heteroatoms. The molecule has 0 aromatic heterocycles. The van der Waals surface area contributed by atoms with Gasteiger partial charge in [-0.15, -0.1) is 0 Å². The van der Waals surface area contributed by atoms with Crippen molar-refractivity contribution in [3.63, 3.8) is 0 Å². The fourth-order valence-corrected chi connectivity index (χ4v) is 3.20. The molecule has 4 nitrogen and oxygen atoms in total. The van der Waals surface area contributed by atoms with E-state index >= 15 is 0 Å². The van der Waals surface area contributed by atoms with Crippen molar-refractivity contribution in [2.75, 3.05) is 5.75 Å². The molecule has 0 aliphatic heterocycles. The highest BCUT2D eigenvalue weighted by Gasteiger charge is 2.29. The third-order valence-electron chi connectivity index (χ3n) is 2.26. The summed E-state index contributed by atoms with van der Waals surface area (Å²) in [5.41, 5.74) is 0. The number of esters is 1. The minimum absolute atomic E-state index is 0.0215. The van der Waals surface area contributed by atoms with Gasteiger partial charge in [0, 0.05) is 17.6 Å². The molecule has 1 saturated carbocycles. The van der Waals surface area contributed by atoms with E-state index in [9.17, 15) is 13.2 Å². The van der Waals surface area contributed by atoms with Gasteiger partial charge in [-0.2, -0.15) is 0 Å². The zero-order valence-electron chi connectivity index (χ0n) is 7.90. The molecule has 2 unspecified atom stereocenters. The smallest absolute Gasteiger partial charge is 0.302 e. The van der Waals surface area contributed by atoms with Gasteiger partial charge in [0.05, 0.1) is 5.75 Å². The number of rotatable bonds is 3. The Morgan fingerprint density at radius 2 is 2.14 bits per heavy atom. The molecule has 1 fully saturated rings. The van der Waals surface area contributed by atoms with Gasteiger partial charge in [0.25, 0.3) is 0 Å². The average Bonchev–Trinajstić information content (AvgIpc) is 2.30. The van der Waals surface area contributed by atoms with Gasteiger partial charge in [0.2, 0.25) is 9.05 Å². The number of hydrogen-bond donors (Lipinski definition) is 0.